The van der Waals surface area contributed by atoms with Gasteiger partial charge in [-0.1, -0.05) is 37.1 Å². The van der Waals surface area contributed by atoms with Gasteiger partial charge in [-0.05, 0) is 54.6 Å². The van der Waals surface area contributed by atoms with Crippen molar-refractivity contribution in [2.24, 2.45) is 5.92 Å². The highest BCUT2D eigenvalue weighted by molar-refractivity contribution is 5.79. The Morgan fingerprint density at radius 3 is 2.44 bits per heavy atom. The van der Waals surface area contributed by atoms with E-state index in [1.165, 1.54) is 24.0 Å². The van der Waals surface area contributed by atoms with Crippen LogP contribution in [0.2, 0.25) is 0 Å². The molecule has 1 aliphatic heterocycles. The second-order valence-corrected chi connectivity index (χ2v) is 9.07. The van der Waals surface area contributed by atoms with E-state index in [0.717, 1.165) is 45.2 Å². The maximum atomic E-state index is 12.8. The molecule has 4 rings (SSSR count). The smallest absolute Gasteiger partial charge is 0.225 e. The predicted octanol–water partition coefficient (Wildman–Crippen LogP) is 3.70. The van der Waals surface area contributed by atoms with Gasteiger partial charge in [-0.3, -0.25) is 9.59 Å². The van der Waals surface area contributed by atoms with E-state index < -0.39 is 0 Å². The third kappa shape index (κ3) is 3.39. The lowest BCUT2D eigenvalue weighted by molar-refractivity contribution is -0.137. The van der Waals surface area contributed by atoms with Crippen LogP contribution in [0.25, 0.3) is 0 Å². The zero-order valence-corrected chi connectivity index (χ0v) is 16.7. The average Bonchev–Trinajstić information content (AvgIpc) is 3.30. The Kier molecular flexibility index (Phi) is 5.00. The quantitative estimate of drug-likeness (QED) is 0.816. The SMILES string of the molecule is CN(C)C(=O)CC1CC2(CCN(C(=O)C3CCCC3)CC2)c2ccccc21. The minimum absolute atomic E-state index is 0.153. The van der Waals surface area contributed by atoms with Gasteiger partial charge in [0.2, 0.25) is 11.8 Å². The van der Waals surface area contributed by atoms with Gasteiger partial charge in [0.15, 0.2) is 0 Å². The van der Waals surface area contributed by atoms with E-state index in [1.807, 2.05) is 14.1 Å². The fourth-order valence-corrected chi connectivity index (χ4v) is 5.66. The number of nitrogens with zero attached hydrogens (tertiary/aromatic N) is 2. The largest absolute Gasteiger partial charge is 0.349 e. The zero-order chi connectivity index (χ0) is 19.0. The lowest BCUT2D eigenvalue weighted by Gasteiger charge is -2.41. The molecule has 27 heavy (non-hydrogen) atoms. The molecular weight excluding hydrogens is 336 g/mol. The van der Waals surface area contributed by atoms with Crippen LogP contribution in [0.1, 0.15) is 68.4 Å². The molecule has 0 radical (unpaired) electrons. The third-order valence-electron chi connectivity index (χ3n) is 7.27. The Balaban J connectivity index is 1.49. The van der Waals surface area contributed by atoms with Crippen molar-refractivity contribution in [3.63, 3.8) is 0 Å². The number of carbonyl (C=O) groups is 2. The molecule has 2 amide bonds. The molecule has 1 aromatic carbocycles. The number of benzene rings is 1. The lowest BCUT2D eigenvalue weighted by Crippen LogP contribution is -2.46. The van der Waals surface area contributed by atoms with Crippen LogP contribution < -0.4 is 0 Å². The lowest BCUT2D eigenvalue weighted by atomic mass is 9.73. The molecule has 1 aromatic rings. The van der Waals surface area contributed by atoms with Crippen molar-refractivity contribution in [1.29, 1.82) is 0 Å². The maximum Gasteiger partial charge on any atom is 0.225 e. The van der Waals surface area contributed by atoms with E-state index in [-0.39, 0.29) is 17.2 Å². The van der Waals surface area contributed by atoms with Crippen LogP contribution in [-0.2, 0) is 15.0 Å². The van der Waals surface area contributed by atoms with Crippen molar-refractivity contribution in [2.45, 2.75) is 62.7 Å². The Morgan fingerprint density at radius 1 is 1.11 bits per heavy atom. The molecule has 146 valence electrons. The van der Waals surface area contributed by atoms with Gasteiger partial charge < -0.3 is 9.80 Å². The summed E-state index contributed by atoms with van der Waals surface area (Å²) in [6.07, 6.45) is 8.31. The van der Waals surface area contributed by atoms with Gasteiger partial charge in [0.1, 0.15) is 0 Å². The van der Waals surface area contributed by atoms with Crippen molar-refractivity contribution >= 4 is 11.8 Å². The Labute approximate surface area is 162 Å². The van der Waals surface area contributed by atoms with Crippen LogP contribution >= 0.6 is 0 Å². The van der Waals surface area contributed by atoms with Crippen molar-refractivity contribution in [3.05, 3.63) is 35.4 Å². The highest BCUT2D eigenvalue weighted by Crippen LogP contribution is 2.52. The number of likely N-dealkylation sites (tertiary alicyclic amines) is 1. The minimum Gasteiger partial charge on any atom is -0.349 e. The van der Waals surface area contributed by atoms with Crippen molar-refractivity contribution in [1.82, 2.24) is 9.80 Å². The average molecular weight is 369 g/mol. The first kappa shape index (κ1) is 18.5. The van der Waals surface area contributed by atoms with E-state index in [9.17, 15) is 9.59 Å². The molecule has 0 aromatic heterocycles. The van der Waals surface area contributed by atoms with Gasteiger partial charge in [-0.15, -0.1) is 0 Å². The summed E-state index contributed by atoms with van der Waals surface area (Å²) < 4.78 is 0. The molecule has 2 fully saturated rings. The third-order valence-corrected chi connectivity index (χ3v) is 7.27. The molecule has 1 saturated carbocycles. The van der Waals surface area contributed by atoms with Crippen molar-refractivity contribution in [2.75, 3.05) is 27.2 Å². The Hall–Kier alpha value is -1.84. The van der Waals surface area contributed by atoms with Crippen molar-refractivity contribution < 1.29 is 9.59 Å². The summed E-state index contributed by atoms with van der Waals surface area (Å²) in [7, 11) is 3.68. The molecule has 4 nitrogen and oxygen atoms in total. The number of rotatable bonds is 3. The second-order valence-electron chi connectivity index (χ2n) is 9.07. The second kappa shape index (κ2) is 7.29. The summed E-state index contributed by atoms with van der Waals surface area (Å²) in [5.74, 6) is 1.20. The Bertz CT molecular complexity index is 713. The normalized spacial score (nSPS) is 24.2. The highest BCUT2D eigenvalue weighted by Gasteiger charge is 2.46. The maximum absolute atomic E-state index is 12.8. The highest BCUT2D eigenvalue weighted by atomic mass is 16.2. The fraction of sp³-hybridized carbons (Fsp3) is 0.652. The molecule has 0 N–H and O–H groups in total. The number of piperidine rings is 1. The predicted molar refractivity (Wildman–Crippen MR) is 107 cm³/mol. The molecule has 1 spiro atoms. The van der Waals surface area contributed by atoms with Crippen LogP contribution in [-0.4, -0.2) is 48.8 Å². The summed E-state index contributed by atoms with van der Waals surface area (Å²) in [6.45, 7) is 1.75. The molecule has 4 heteroatoms. The molecule has 1 saturated heterocycles. The summed E-state index contributed by atoms with van der Waals surface area (Å²) >= 11 is 0. The molecule has 0 bridgehead atoms. The van der Waals surface area contributed by atoms with Gasteiger partial charge >= 0.3 is 0 Å². The Morgan fingerprint density at radius 2 is 1.78 bits per heavy atom. The first-order chi connectivity index (χ1) is 13.0. The first-order valence-corrected chi connectivity index (χ1v) is 10.6. The monoisotopic (exact) mass is 368 g/mol. The number of carbonyl (C=O) groups excluding carboxylic acids is 2. The van der Waals surface area contributed by atoms with Gasteiger partial charge in [-0.2, -0.15) is 0 Å². The molecule has 1 unspecified atom stereocenters. The summed E-state index contributed by atoms with van der Waals surface area (Å²) in [6, 6.07) is 8.72. The summed E-state index contributed by atoms with van der Waals surface area (Å²) in [4.78, 5) is 29.0. The molecule has 1 heterocycles. The molecular formula is C23H32N2O2. The molecule has 2 aliphatic carbocycles. The van der Waals surface area contributed by atoms with Gasteiger partial charge in [0.05, 0.1) is 0 Å². The fourth-order valence-electron chi connectivity index (χ4n) is 5.66. The minimum atomic E-state index is 0.153. The van der Waals surface area contributed by atoms with Crippen molar-refractivity contribution in [3.8, 4) is 0 Å². The standard InChI is InChI=1S/C23H32N2O2/c1-24(2)21(26)15-18-16-23(20-10-6-5-9-19(18)20)11-13-25(14-12-23)22(27)17-7-3-4-8-17/h5-6,9-10,17-18H,3-4,7-8,11-16H2,1-2H3. The van der Waals surface area contributed by atoms with E-state index >= 15 is 0 Å². The van der Waals surface area contributed by atoms with Crippen LogP contribution in [0.5, 0.6) is 0 Å². The van der Waals surface area contributed by atoms with Crippen LogP contribution in [0, 0.1) is 5.92 Å². The number of fused-ring (bicyclic) bond motifs is 2. The first-order valence-electron chi connectivity index (χ1n) is 10.6. The number of amides is 2. The van der Waals surface area contributed by atoms with Crippen LogP contribution in [0.4, 0.5) is 0 Å². The van der Waals surface area contributed by atoms with E-state index in [1.54, 1.807) is 4.90 Å². The summed E-state index contributed by atoms with van der Waals surface area (Å²) in [5, 5.41) is 0. The number of hydrogen-bond donors (Lipinski definition) is 0. The number of hydrogen-bond acceptors (Lipinski definition) is 2. The van der Waals surface area contributed by atoms with Gasteiger partial charge in [-0.25, -0.2) is 0 Å². The topological polar surface area (TPSA) is 40.6 Å². The summed E-state index contributed by atoms with van der Waals surface area (Å²) in [5.41, 5.74) is 2.96. The van der Waals surface area contributed by atoms with Gasteiger partial charge in [0, 0.05) is 39.5 Å². The molecule has 1 atom stereocenters. The van der Waals surface area contributed by atoms with Crippen LogP contribution in [0.3, 0.4) is 0 Å². The van der Waals surface area contributed by atoms with Gasteiger partial charge in [0.25, 0.3) is 0 Å². The van der Waals surface area contributed by atoms with Crippen LogP contribution in [0.15, 0.2) is 24.3 Å². The van der Waals surface area contributed by atoms with E-state index in [4.69, 9.17) is 0 Å². The van der Waals surface area contributed by atoms with E-state index in [0.29, 0.717) is 18.2 Å². The zero-order valence-electron chi connectivity index (χ0n) is 16.7. The van der Waals surface area contributed by atoms with E-state index in [2.05, 4.69) is 29.2 Å². The molecule has 3 aliphatic rings.